The van der Waals surface area contributed by atoms with E-state index in [4.69, 9.17) is 43.0 Å². The summed E-state index contributed by atoms with van der Waals surface area (Å²) < 4.78 is 47.5. The number of esters is 2. The third-order valence-electron chi connectivity index (χ3n) is 9.45. The molecule has 58 heavy (non-hydrogen) atoms. The lowest BCUT2D eigenvalue weighted by atomic mass is 9.80. The monoisotopic (exact) mass is 796 g/mol. The van der Waals surface area contributed by atoms with E-state index >= 15 is 0 Å². The zero-order chi connectivity index (χ0) is 41.1. The number of hydrogen-bond donors (Lipinski definition) is 2. The molecule has 0 unspecified atom stereocenters. The predicted octanol–water partition coefficient (Wildman–Crippen LogP) is 4.06. The number of methoxy groups -OCH3 is 2. The van der Waals surface area contributed by atoms with Crippen molar-refractivity contribution in [2.24, 2.45) is 0 Å². The molecule has 1 saturated heterocycles. The Morgan fingerprint density at radius 2 is 1.31 bits per heavy atom. The van der Waals surface area contributed by atoms with Gasteiger partial charge in [0.1, 0.15) is 53.6 Å². The molecule has 0 saturated carbocycles. The summed E-state index contributed by atoms with van der Waals surface area (Å²) in [7, 11) is 3.18. The number of nitrogens with one attached hydrogen (secondary N) is 1. The van der Waals surface area contributed by atoms with E-state index in [1.807, 2.05) is 78.9 Å². The molecule has 1 aliphatic rings. The van der Waals surface area contributed by atoms with Crippen LogP contribution in [0.25, 0.3) is 0 Å². The lowest BCUT2D eigenvalue weighted by Crippen LogP contribution is -2.39. The number of aromatic nitrogens is 2. The summed E-state index contributed by atoms with van der Waals surface area (Å²) in [6, 6.07) is 30.9. The Bertz CT molecular complexity index is 2190. The van der Waals surface area contributed by atoms with Crippen molar-refractivity contribution in [3.63, 3.8) is 0 Å². The van der Waals surface area contributed by atoms with E-state index in [1.54, 1.807) is 45.4 Å². The first-order chi connectivity index (χ1) is 28.1. The number of rotatable bonds is 18. The summed E-state index contributed by atoms with van der Waals surface area (Å²) in [5.41, 5.74) is 0.210. The van der Waals surface area contributed by atoms with Crippen LogP contribution in [0.4, 0.5) is 0 Å². The second-order valence-corrected chi connectivity index (χ2v) is 13.2. The van der Waals surface area contributed by atoms with Crippen molar-refractivity contribution in [1.82, 2.24) is 9.55 Å². The van der Waals surface area contributed by atoms with Crippen LogP contribution in [0, 0.1) is 6.92 Å². The van der Waals surface area contributed by atoms with E-state index in [2.05, 4.69) is 4.98 Å². The van der Waals surface area contributed by atoms with Gasteiger partial charge in [-0.05, 0) is 72.1 Å². The van der Waals surface area contributed by atoms with Crippen LogP contribution >= 0.6 is 0 Å². The minimum Gasteiger partial charge on any atom is -0.497 e. The van der Waals surface area contributed by atoms with E-state index in [0.29, 0.717) is 28.6 Å². The average Bonchev–Trinajstić information content (AvgIpc) is 3.65. The third-order valence-corrected chi connectivity index (χ3v) is 9.45. The summed E-state index contributed by atoms with van der Waals surface area (Å²) >= 11 is 0. The van der Waals surface area contributed by atoms with Crippen molar-refractivity contribution < 1.29 is 52.6 Å². The largest absolute Gasteiger partial charge is 0.497 e. The van der Waals surface area contributed by atoms with Crippen molar-refractivity contribution in [3.05, 3.63) is 152 Å². The molecular formula is C43H44N2O13. The Hall–Kier alpha value is -6.42. The topological polar surface area (TPSA) is 183 Å². The number of aryl methyl sites for hydroxylation is 1. The maximum Gasteiger partial charge on any atom is 0.344 e. The van der Waals surface area contributed by atoms with Crippen LogP contribution in [-0.2, 0) is 34.1 Å². The Morgan fingerprint density at radius 3 is 1.86 bits per heavy atom. The number of ether oxygens (including phenoxy) is 8. The minimum absolute atomic E-state index is 0.0569. The molecule has 0 bridgehead atoms. The maximum absolute atomic E-state index is 13.4. The van der Waals surface area contributed by atoms with Crippen molar-refractivity contribution in [3.8, 4) is 23.0 Å². The number of aliphatic hydroxyl groups is 1. The summed E-state index contributed by atoms with van der Waals surface area (Å²) in [5.74, 6) is 0.646. The van der Waals surface area contributed by atoms with Crippen LogP contribution in [0.1, 0.15) is 34.9 Å². The van der Waals surface area contributed by atoms with E-state index in [9.17, 15) is 19.2 Å². The first-order valence-electron chi connectivity index (χ1n) is 18.4. The lowest BCUT2D eigenvalue weighted by Gasteiger charge is -2.37. The molecule has 0 radical (unpaired) electrons. The van der Waals surface area contributed by atoms with Gasteiger partial charge in [-0.1, -0.05) is 54.6 Å². The molecule has 15 heteroatoms. The van der Waals surface area contributed by atoms with Gasteiger partial charge in [0.05, 0.1) is 27.4 Å². The standard InChI is InChI=1S/C43H44N2O13/c1-28-24-45(42(50)44-41(28)49)38-23-36(58-40(48)27-55-35-19-17-34(18-20-35)54-26-39(47)53-22-21-46)37(57-38)25-56-43(29-7-5-4-6-8-29,30-9-13-32(51-2)14-10-30)31-11-15-33(52-3)16-12-31/h4-20,24,36-38,46H,21-23,25-27H2,1-3H3,(H,44,49,50)/t36-,37+,38+/m0/s1. The molecule has 2 heterocycles. The fourth-order valence-electron chi connectivity index (χ4n) is 6.55. The quantitative estimate of drug-likeness (QED) is 0.0958. The Labute approximate surface area is 333 Å². The normalized spacial score (nSPS) is 16.3. The summed E-state index contributed by atoms with van der Waals surface area (Å²) in [6.07, 6.45) is -1.26. The molecule has 1 fully saturated rings. The number of aliphatic hydroxyl groups excluding tert-OH is 1. The number of carbonyl (C=O) groups excluding carboxylic acids is 2. The molecule has 304 valence electrons. The van der Waals surface area contributed by atoms with Gasteiger partial charge in [-0.3, -0.25) is 14.3 Å². The van der Waals surface area contributed by atoms with Gasteiger partial charge in [0, 0.05) is 18.2 Å². The highest BCUT2D eigenvalue weighted by Crippen LogP contribution is 2.43. The molecule has 15 nitrogen and oxygen atoms in total. The van der Waals surface area contributed by atoms with Gasteiger partial charge in [-0.15, -0.1) is 0 Å². The SMILES string of the molecule is COc1ccc(C(OC[C@H]2O[C@@H](n3cc(C)c(=O)[nH]c3=O)C[C@@H]2OC(=O)COc2ccc(OCC(=O)OCCO)cc2)(c2ccccc2)c2ccc(OC)cc2)cc1. The second-order valence-electron chi connectivity index (χ2n) is 13.2. The van der Waals surface area contributed by atoms with E-state index in [-0.39, 0.29) is 32.8 Å². The van der Waals surface area contributed by atoms with Gasteiger partial charge in [-0.2, -0.15) is 0 Å². The number of H-pyrrole nitrogens is 1. The molecule has 4 aromatic carbocycles. The third kappa shape index (κ3) is 9.74. The predicted molar refractivity (Wildman–Crippen MR) is 208 cm³/mol. The molecule has 0 aliphatic carbocycles. The summed E-state index contributed by atoms with van der Waals surface area (Å²) in [6.45, 7) is 0.226. The van der Waals surface area contributed by atoms with Crippen LogP contribution in [0.3, 0.4) is 0 Å². The van der Waals surface area contributed by atoms with E-state index in [1.165, 1.54) is 10.8 Å². The molecule has 5 aromatic rings. The van der Waals surface area contributed by atoms with Crippen LogP contribution < -0.4 is 30.2 Å². The Balaban J connectivity index is 1.26. The van der Waals surface area contributed by atoms with E-state index < -0.39 is 53.8 Å². The number of hydrogen-bond acceptors (Lipinski definition) is 13. The zero-order valence-electron chi connectivity index (χ0n) is 32.2. The van der Waals surface area contributed by atoms with Crippen LogP contribution in [-0.4, -0.2) is 86.1 Å². The summed E-state index contributed by atoms with van der Waals surface area (Å²) in [4.78, 5) is 52.6. The molecule has 0 amide bonds. The van der Waals surface area contributed by atoms with Gasteiger partial charge < -0.3 is 43.0 Å². The number of benzene rings is 4. The Kier molecular flexibility index (Phi) is 13.6. The molecule has 3 atom stereocenters. The van der Waals surface area contributed by atoms with Crippen molar-refractivity contribution in [2.45, 2.75) is 37.4 Å². The van der Waals surface area contributed by atoms with Gasteiger partial charge in [0.15, 0.2) is 13.2 Å². The van der Waals surface area contributed by atoms with Crippen molar-refractivity contribution in [1.29, 1.82) is 0 Å². The first kappa shape index (κ1) is 41.2. The van der Waals surface area contributed by atoms with Crippen LogP contribution in [0.15, 0.2) is 119 Å². The fourth-order valence-corrected chi connectivity index (χ4v) is 6.55. The highest BCUT2D eigenvalue weighted by atomic mass is 16.6. The molecule has 6 rings (SSSR count). The van der Waals surface area contributed by atoms with Crippen LogP contribution in [0.5, 0.6) is 23.0 Å². The highest BCUT2D eigenvalue weighted by Gasteiger charge is 2.44. The summed E-state index contributed by atoms with van der Waals surface area (Å²) in [5, 5.41) is 8.79. The second kappa shape index (κ2) is 19.1. The number of nitrogens with zero attached hydrogens (tertiary/aromatic N) is 1. The molecule has 0 spiro atoms. The lowest BCUT2D eigenvalue weighted by molar-refractivity contribution is -0.158. The fraction of sp³-hybridized carbons (Fsp3) is 0.302. The van der Waals surface area contributed by atoms with Gasteiger partial charge in [0.2, 0.25) is 0 Å². The number of aromatic amines is 1. The van der Waals surface area contributed by atoms with Gasteiger partial charge >= 0.3 is 17.6 Å². The molecule has 1 aromatic heterocycles. The Morgan fingerprint density at radius 1 is 0.776 bits per heavy atom. The van der Waals surface area contributed by atoms with Gasteiger partial charge in [0.25, 0.3) is 5.56 Å². The molecule has 2 N–H and O–H groups in total. The van der Waals surface area contributed by atoms with Crippen molar-refractivity contribution in [2.75, 3.05) is 47.3 Å². The number of carbonyl (C=O) groups is 2. The first-order valence-corrected chi connectivity index (χ1v) is 18.4. The average molecular weight is 797 g/mol. The van der Waals surface area contributed by atoms with Crippen molar-refractivity contribution >= 4 is 11.9 Å². The molecular weight excluding hydrogens is 752 g/mol. The van der Waals surface area contributed by atoms with Crippen LogP contribution in [0.2, 0.25) is 0 Å². The van der Waals surface area contributed by atoms with E-state index in [0.717, 1.165) is 16.7 Å². The highest BCUT2D eigenvalue weighted by molar-refractivity contribution is 5.71. The minimum atomic E-state index is -1.22. The van der Waals surface area contributed by atoms with Gasteiger partial charge in [-0.25, -0.2) is 14.4 Å². The zero-order valence-corrected chi connectivity index (χ0v) is 32.2. The smallest absolute Gasteiger partial charge is 0.344 e. The maximum atomic E-state index is 13.4. The molecule has 1 aliphatic heterocycles.